The standard InChI is InChI=1S/C18H21ClN2O4S/c1-12-10-16(26(23,24)21-13(2)11-25-3)8-9-17(12)20-18(22)14-4-6-15(19)7-5-14/h4-10,13,21H,11H2,1-3H3,(H,20,22)/t13-/m0/s1. The van der Waals surface area contributed by atoms with E-state index in [1.165, 1.54) is 19.2 Å². The van der Waals surface area contributed by atoms with Gasteiger partial charge in [-0.05, 0) is 61.9 Å². The summed E-state index contributed by atoms with van der Waals surface area (Å²) in [6.45, 7) is 3.72. The van der Waals surface area contributed by atoms with E-state index in [0.717, 1.165) is 0 Å². The lowest BCUT2D eigenvalue weighted by Crippen LogP contribution is -2.35. The molecular formula is C18H21ClN2O4S. The van der Waals surface area contributed by atoms with E-state index in [2.05, 4.69) is 10.0 Å². The van der Waals surface area contributed by atoms with E-state index >= 15 is 0 Å². The number of ether oxygens (including phenoxy) is 1. The van der Waals surface area contributed by atoms with Gasteiger partial charge in [0.15, 0.2) is 0 Å². The number of hydrogen-bond acceptors (Lipinski definition) is 4. The van der Waals surface area contributed by atoms with Crippen LogP contribution in [0.15, 0.2) is 47.4 Å². The number of benzene rings is 2. The van der Waals surface area contributed by atoms with Gasteiger partial charge in [-0.1, -0.05) is 11.6 Å². The van der Waals surface area contributed by atoms with Crippen molar-refractivity contribution in [3.8, 4) is 0 Å². The Kier molecular flexibility index (Phi) is 6.77. The number of amides is 1. The molecule has 1 atom stereocenters. The molecule has 0 spiro atoms. The molecule has 8 heteroatoms. The Labute approximate surface area is 158 Å². The lowest BCUT2D eigenvalue weighted by atomic mass is 10.1. The topological polar surface area (TPSA) is 84.5 Å². The maximum absolute atomic E-state index is 12.4. The Morgan fingerprint density at radius 2 is 1.85 bits per heavy atom. The van der Waals surface area contributed by atoms with Crippen molar-refractivity contribution in [3.05, 3.63) is 58.6 Å². The molecule has 0 saturated heterocycles. The molecular weight excluding hydrogens is 376 g/mol. The summed E-state index contributed by atoms with van der Waals surface area (Å²) in [5, 5.41) is 3.31. The van der Waals surface area contributed by atoms with E-state index in [9.17, 15) is 13.2 Å². The first-order chi connectivity index (χ1) is 12.2. The summed E-state index contributed by atoms with van der Waals surface area (Å²) in [6.07, 6.45) is 0. The average molecular weight is 397 g/mol. The van der Waals surface area contributed by atoms with E-state index in [1.807, 2.05) is 0 Å². The van der Waals surface area contributed by atoms with Gasteiger partial charge in [0.25, 0.3) is 5.91 Å². The molecule has 0 aliphatic heterocycles. The van der Waals surface area contributed by atoms with E-state index in [-0.39, 0.29) is 23.5 Å². The van der Waals surface area contributed by atoms with Gasteiger partial charge in [-0.2, -0.15) is 0 Å². The van der Waals surface area contributed by atoms with Gasteiger partial charge in [0.2, 0.25) is 10.0 Å². The van der Waals surface area contributed by atoms with Crippen molar-refractivity contribution < 1.29 is 17.9 Å². The fraction of sp³-hybridized carbons (Fsp3) is 0.278. The van der Waals surface area contributed by atoms with Crippen LogP contribution < -0.4 is 10.0 Å². The van der Waals surface area contributed by atoms with Crippen molar-refractivity contribution in [2.24, 2.45) is 0 Å². The fourth-order valence-electron chi connectivity index (χ4n) is 2.36. The largest absolute Gasteiger partial charge is 0.383 e. The minimum atomic E-state index is -3.66. The first kappa shape index (κ1) is 20.4. The van der Waals surface area contributed by atoms with Crippen LogP contribution >= 0.6 is 11.6 Å². The van der Waals surface area contributed by atoms with Crippen LogP contribution in [0.1, 0.15) is 22.8 Å². The molecule has 2 N–H and O–H groups in total. The molecule has 0 heterocycles. The van der Waals surface area contributed by atoms with Gasteiger partial charge in [0, 0.05) is 29.4 Å². The number of rotatable bonds is 7. The zero-order chi connectivity index (χ0) is 19.3. The third kappa shape index (κ3) is 5.28. The Hall–Kier alpha value is -1.93. The summed E-state index contributed by atoms with van der Waals surface area (Å²) in [6, 6.07) is 10.7. The van der Waals surface area contributed by atoms with Gasteiger partial charge in [-0.15, -0.1) is 0 Å². The van der Waals surface area contributed by atoms with Crippen molar-refractivity contribution in [1.29, 1.82) is 0 Å². The summed E-state index contributed by atoms with van der Waals surface area (Å²) < 4.78 is 32.3. The Bertz CT molecular complexity index is 883. The van der Waals surface area contributed by atoms with Crippen LogP contribution in [0, 0.1) is 6.92 Å². The SMILES string of the molecule is COC[C@H](C)NS(=O)(=O)c1ccc(NC(=O)c2ccc(Cl)cc2)c(C)c1. The Balaban J connectivity index is 2.16. The fourth-order valence-corrected chi connectivity index (χ4v) is 3.80. The molecule has 0 bridgehead atoms. The smallest absolute Gasteiger partial charge is 0.255 e. The van der Waals surface area contributed by atoms with Crippen LogP contribution in [0.2, 0.25) is 5.02 Å². The summed E-state index contributed by atoms with van der Waals surface area (Å²) >= 11 is 5.82. The zero-order valence-electron chi connectivity index (χ0n) is 14.7. The quantitative estimate of drug-likeness (QED) is 0.752. The van der Waals surface area contributed by atoms with Gasteiger partial charge < -0.3 is 10.1 Å². The Morgan fingerprint density at radius 3 is 2.42 bits per heavy atom. The lowest BCUT2D eigenvalue weighted by molar-refractivity contribution is 0.102. The molecule has 26 heavy (non-hydrogen) atoms. The van der Waals surface area contributed by atoms with Crippen LogP contribution in [0.4, 0.5) is 5.69 Å². The number of anilines is 1. The van der Waals surface area contributed by atoms with Crippen molar-refractivity contribution in [1.82, 2.24) is 4.72 Å². The van der Waals surface area contributed by atoms with Gasteiger partial charge >= 0.3 is 0 Å². The van der Waals surface area contributed by atoms with Crippen LogP contribution in [0.3, 0.4) is 0 Å². The van der Waals surface area contributed by atoms with Crippen molar-refractivity contribution in [2.45, 2.75) is 24.8 Å². The number of methoxy groups -OCH3 is 1. The van der Waals surface area contributed by atoms with E-state index in [0.29, 0.717) is 21.8 Å². The number of halogens is 1. The summed E-state index contributed by atoms with van der Waals surface area (Å²) in [7, 11) is -2.16. The highest BCUT2D eigenvalue weighted by Gasteiger charge is 2.18. The first-order valence-corrected chi connectivity index (χ1v) is 9.78. The highest BCUT2D eigenvalue weighted by molar-refractivity contribution is 7.89. The number of nitrogens with one attached hydrogen (secondary N) is 2. The number of aryl methyl sites for hydroxylation is 1. The predicted molar refractivity (Wildman–Crippen MR) is 102 cm³/mol. The molecule has 0 aliphatic rings. The molecule has 0 aliphatic carbocycles. The number of sulfonamides is 1. The normalized spacial score (nSPS) is 12.6. The van der Waals surface area contributed by atoms with Gasteiger partial charge in [0.05, 0.1) is 11.5 Å². The van der Waals surface area contributed by atoms with Crippen LogP contribution in [0.5, 0.6) is 0 Å². The van der Waals surface area contributed by atoms with Gasteiger partial charge in [-0.3, -0.25) is 4.79 Å². The maximum atomic E-state index is 12.4. The lowest BCUT2D eigenvalue weighted by Gasteiger charge is -2.15. The molecule has 2 aromatic rings. The third-order valence-electron chi connectivity index (χ3n) is 3.64. The van der Waals surface area contributed by atoms with E-state index in [4.69, 9.17) is 16.3 Å². The van der Waals surface area contributed by atoms with Crippen LogP contribution in [-0.2, 0) is 14.8 Å². The number of carbonyl (C=O) groups is 1. The van der Waals surface area contributed by atoms with Gasteiger partial charge in [-0.25, -0.2) is 13.1 Å². The Morgan fingerprint density at radius 1 is 1.19 bits per heavy atom. The first-order valence-electron chi connectivity index (χ1n) is 7.92. The molecule has 0 unspecified atom stereocenters. The third-order valence-corrected chi connectivity index (χ3v) is 5.47. The average Bonchev–Trinajstić information content (AvgIpc) is 2.56. The molecule has 1 amide bonds. The van der Waals surface area contributed by atoms with E-state index in [1.54, 1.807) is 44.2 Å². The highest BCUT2D eigenvalue weighted by atomic mass is 35.5. The van der Waals surface area contributed by atoms with Crippen molar-refractivity contribution >= 4 is 33.2 Å². The number of carbonyl (C=O) groups excluding carboxylic acids is 1. The van der Waals surface area contributed by atoms with Crippen molar-refractivity contribution in [2.75, 3.05) is 19.0 Å². The van der Waals surface area contributed by atoms with Crippen molar-refractivity contribution in [3.63, 3.8) is 0 Å². The molecule has 2 aromatic carbocycles. The van der Waals surface area contributed by atoms with E-state index < -0.39 is 10.0 Å². The zero-order valence-corrected chi connectivity index (χ0v) is 16.3. The molecule has 0 radical (unpaired) electrons. The predicted octanol–water partition coefficient (Wildman–Crippen LogP) is 3.21. The monoisotopic (exact) mass is 396 g/mol. The second-order valence-electron chi connectivity index (χ2n) is 5.92. The van der Waals surface area contributed by atoms with Crippen LogP contribution in [0.25, 0.3) is 0 Å². The second-order valence-corrected chi connectivity index (χ2v) is 8.07. The maximum Gasteiger partial charge on any atom is 0.255 e. The summed E-state index contributed by atoms with van der Waals surface area (Å²) in [5.41, 5.74) is 1.63. The molecule has 0 aromatic heterocycles. The van der Waals surface area contributed by atoms with Crippen LogP contribution in [-0.4, -0.2) is 34.1 Å². The molecule has 0 saturated carbocycles. The minimum absolute atomic E-state index is 0.127. The molecule has 0 fully saturated rings. The number of hydrogen-bond donors (Lipinski definition) is 2. The molecule has 2 rings (SSSR count). The molecule has 6 nitrogen and oxygen atoms in total. The summed E-state index contributed by atoms with van der Waals surface area (Å²) in [5.74, 6) is -0.299. The summed E-state index contributed by atoms with van der Waals surface area (Å²) in [4.78, 5) is 12.4. The second kappa shape index (κ2) is 8.64. The molecule has 140 valence electrons. The minimum Gasteiger partial charge on any atom is -0.383 e. The highest BCUT2D eigenvalue weighted by Crippen LogP contribution is 2.21. The van der Waals surface area contributed by atoms with Gasteiger partial charge in [0.1, 0.15) is 0 Å².